The lowest BCUT2D eigenvalue weighted by atomic mass is 10.2. The normalized spacial score (nSPS) is 10.1. The Hall–Kier alpha value is -1.81. The number of carbonyl (C=O) groups excluding carboxylic acids is 1. The Balaban J connectivity index is 2.07. The Kier molecular flexibility index (Phi) is 3.99. The molecule has 0 N–H and O–H groups in total. The quantitative estimate of drug-likeness (QED) is 0.846. The number of amides is 1. The largest absolute Gasteiger partial charge is 0.487 e. The van der Waals surface area contributed by atoms with Crippen LogP contribution in [0.5, 0.6) is 5.75 Å². The van der Waals surface area contributed by atoms with Crippen LogP contribution in [-0.4, -0.2) is 24.9 Å². The third-order valence-corrected chi connectivity index (χ3v) is 3.35. The molecule has 3 nitrogen and oxygen atoms in total. The molecule has 1 heterocycles. The summed E-state index contributed by atoms with van der Waals surface area (Å²) in [6, 6.07) is 11.7. The summed E-state index contributed by atoms with van der Waals surface area (Å²) >= 11 is 1.40. The van der Waals surface area contributed by atoms with Crippen LogP contribution in [-0.2, 0) is 6.61 Å². The fourth-order valence-corrected chi connectivity index (χ4v) is 2.36. The molecule has 0 saturated heterocycles. The molecule has 0 fully saturated rings. The zero-order chi connectivity index (χ0) is 13.0. The molecule has 18 heavy (non-hydrogen) atoms. The van der Waals surface area contributed by atoms with Crippen LogP contribution in [0.2, 0.25) is 0 Å². The van der Waals surface area contributed by atoms with Crippen molar-refractivity contribution in [3.8, 4) is 5.75 Å². The van der Waals surface area contributed by atoms with Crippen molar-refractivity contribution < 1.29 is 9.53 Å². The monoisotopic (exact) mass is 261 g/mol. The summed E-state index contributed by atoms with van der Waals surface area (Å²) in [4.78, 5) is 14.1. The van der Waals surface area contributed by atoms with Crippen LogP contribution in [0, 0.1) is 0 Å². The van der Waals surface area contributed by atoms with Gasteiger partial charge < -0.3 is 9.64 Å². The number of rotatable bonds is 4. The molecule has 0 aliphatic rings. The first-order chi connectivity index (χ1) is 8.68. The first kappa shape index (κ1) is 12.6. The SMILES string of the molecule is CN(C)C(=O)c1sccc1OCc1ccccc1. The molecule has 0 atom stereocenters. The van der Waals surface area contributed by atoms with Crippen molar-refractivity contribution in [1.29, 1.82) is 0 Å². The minimum Gasteiger partial charge on any atom is -0.487 e. The highest BCUT2D eigenvalue weighted by Gasteiger charge is 2.16. The van der Waals surface area contributed by atoms with Gasteiger partial charge in [-0.1, -0.05) is 30.3 Å². The second-order valence-corrected chi connectivity index (χ2v) is 5.00. The predicted octanol–water partition coefficient (Wildman–Crippen LogP) is 3.03. The van der Waals surface area contributed by atoms with Crippen LogP contribution in [0.15, 0.2) is 41.8 Å². The van der Waals surface area contributed by atoms with E-state index in [1.807, 2.05) is 41.8 Å². The molecule has 0 saturated carbocycles. The second kappa shape index (κ2) is 5.69. The summed E-state index contributed by atoms with van der Waals surface area (Å²) in [6.45, 7) is 0.477. The van der Waals surface area contributed by atoms with Crippen LogP contribution in [0.25, 0.3) is 0 Å². The molecule has 2 aromatic rings. The van der Waals surface area contributed by atoms with E-state index < -0.39 is 0 Å². The Bertz CT molecular complexity index is 520. The predicted molar refractivity (Wildman–Crippen MR) is 73.1 cm³/mol. The lowest BCUT2D eigenvalue weighted by Gasteiger charge is -2.11. The van der Waals surface area contributed by atoms with Gasteiger partial charge in [0.1, 0.15) is 17.2 Å². The molecule has 2 rings (SSSR count). The molecule has 0 aliphatic heterocycles. The van der Waals surface area contributed by atoms with Gasteiger partial charge in [0.2, 0.25) is 0 Å². The maximum atomic E-state index is 11.9. The van der Waals surface area contributed by atoms with E-state index in [2.05, 4.69) is 0 Å². The molecular weight excluding hydrogens is 246 g/mol. The summed E-state index contributed by atoms with van der Waals surface area (Å²) in [5.41, 5.74) is 1.09. The molecule has 1 aromatic carbocycles. The van der Waals surface area contributed by atoms with Crippen molar-refractivity contribution in [2.75, 3.05) is 14.1 Å². The summed E-state index contributed by atoms with van der Waals surface area (Å²) in [7, 11) is 3.48. The van der Waals surface area contributed by atoms with Gasteiger partial charge in [-0.15, -0.1) is 11.3 Å². The number of ether oxygens (including phenoxy) is 1. The van der Waals surface area contributed by atoms with E-state index in [9.17, 15) is 4.79 Å². The average Bonchev–Trinajstić information content (AvgIpc) is 2.84. The maximum Gasteiger partial charge on any atom is 0.267 e. The van der Waals surface area contributed by atoms with E-state index >= 15 is 0 Å². The van der Waals surface area contributed by atoms with Gasteiger partial charge in [-0.2, -0.15) is 0 Å². The van der Waals surface area contributed by atoms with Gasteiger partial charge in [-0.3, -0.25) is 4.79 Å². The number of benzene rings is 1. The fraction of sp³-hybridized carbons (Fsp3) is 0.214. The molecule has 4 heteroatoms. The third-order valence-electron chi connectivity index (χ3n) is 2.47. The highest BCUT2D eigenvalue weighted by molar-refractivity contribution is 7.12. The third kappa shape index (κ3) is 2.90. The first-order valence-electron chi connectivity index (χ1n) is 5.64. The summed E-state index contributed by atoms with van der Waals surface area (Å²) in [5.74, 6) is 0.635. The van der Waals surface area contributed by atoms with Gasteiger partial charge in [0.05, 0.1) is 0 Å². The van der Waals surface area contributed by atoms with Crippen molar-refractivity contribution in [3.63, 3.8) is 0 Å². The highest BCUT2D eigenvalue weighted by atomic mass is 32.1. The van der Waals surface area contributed by atoms with Gasteiger partial charge >= 0.3 is 0 Å². The molecule has 1 aromatic heterocycles. The molecule has 0 aliphatic carbocycles. The minimum absolute atomic E-state index is 0.0203. The van der Waals surface area contributed by atoms with Gasteiger partial charge in [-0.25, -0.2) is 0 Å². The van der Waals surface area contributed by atoms with Crippen LogP contribution < -0.4 is 4.74 Å². The molecule has 94 valence electrons. The Morgan fingerprint density at radius 3 is 2.61 bits per heavy atom. The molecule has 0 bridgehead atoms. The van der Waals surface area contributed by atoms with Crippen molar-refractivity contribution in [3.05, 3.63) is 52.2 Å². The van der Waals surface area contributed by atoms with Gasteiger partial charge in [-0.05, 0) is 17.0 Å². The highest BCUT2D eigenvalue weighted by Crippen LogP contribution is 2.26. The van der Waals surface area contributed by atoms with E-state index in [0.717, 1.165) is 5.56 Å². The number of carbonyl (C=O) groups is 1. The van der Waals surface area contributed by atoms with Gasteiger partial charge in [0, 0.05) is 14.1 Å². The molecule has 0 unspecified atom stereocenters. The van der Waals surface area contributed by atoms with E-state index in [-0.39, 0.29) is 5.91 Å². The van der Waals surface area contributed by atoms with Crippen molar-refractivity contribution in [1.82, 2.24) is 4.90 Å². The summed E-state index contributed by atoms with van der Waals surface area (Å²) in [5, 5.41) is 1.87. The zero-order valence-corrected chi connectivity index (χ0v) is 11.2. The second-order valence-electron chi connectivity index (χ2n) is 4.09. The standard InChI is InChI=1S/C14H15NO2S/c1-15(2)14(16)13-12(8-9-18-13)17-10-11-6-4-3-5-7-11/h3-9H,10H2,1-2H3. The zero-order valence-electron chi connectivity index (χ0n) is 10.4. The van der Waals surface area contributed by atoms with Crippen LogP contribution >= 0.6 is 11.3 Å². The van der Waals surface area contributed by atoms with Crippen molar-refractivity contribution >= 4 is 17.2 Å². The van der Waals surface area contributed by atoms with E-state index in [0.29, 0.717) is 17.2 Å². The number of nitrogens with zero attached hydrogens (tertiary/aromatic N) is 1. The van der Waals surface area contributed by atoms with Gasteiger partial charge in [0.25, 0.3) is 5.91 Å². The van der Waals surface area contributed by atoms with Crippen LogP contribution in [0.3, 0.4) is 0 Å². The number of thiophene rings is 1. The summed E-state index contributed by atoms with van der Waals surface area (Å²) < 4.78 is 5.70. The fourth-order valence-electron chi connectivity index (χ4n) is 1.51. The topological polar surface area (TPSA) is 29.5 Å². The lowest BCUT2D eigenvalue weighted by molar-refractivity contribution is 0.0828. The van der Waals surface area contributed by atoms with Crippen LogP contribution in [0.4, 0.5) is 0 Å². The average molecular weight is 261 g/mol. The van der Waals surface area contributed by atoms with E-state index in [4.69, 9.17) is 4.74 Å². The maximum absolute atomic E-state index is 11.9. The lowest BCUT2D eigenvalue weighted by Crippen LogP contribution is -2.21. The Morgan fingerprint density at radius 1 is 1.22 bits per heavy atom. The van der Waals surface area contributed by atoms with Crippen LogP contribution in [0.1, 0.15) is 15.2 Å². The van der Waals surface area contributed by atoms with E-state index in [1.165, 1.54) is 11.3 Å². The van der Waals surface area contributed by atoms with Gasteiger partial charge in [0.15, 0.2) is 0 Å². The summed E-state index contributed by atoms with van der Waals surface area (Å²) in [6.07, 6.45) is 0. The number of hydrogen-bond acceptors (Lipinski definition) is 3. The Labute approximate surface area is 111 Å². The van der Waals surface area contributed by atoms with E-state index in [1.54, 1.807) is 19.0 Å². The molecular formula is C14H15NO2S. The molecule has 0 radical (unpaired) electrons. The first-order valence-corrected chi connectivity index (χ1v) is 6.52. The molecule has 0 spiro atoms. The molecule has 1 amide bonds. The minimum atomic E-state index is -0.0203. The van der Waals surface area contributed by atoms with Crippen molar-refractivity contribution in [2.45, 2.75) is 6.61 Å². The smallest absolute Gasteiger partial charge is 0.267 e. The Morgan fingerprint density at radius 2 is 1.94 bits per heavy atom. The number of hydrogen-bond donors (Lipinski definition) is 0. The van der Waals surface area contributed by atoms with Crippen molar-refractivity contribution in [2.24, 2.45) is 0 Å².